The molecule has 0 aliphatic carbocycles. The van der Waals surface area contributed by atoms with Crippen LogP contribution < -0.4 is 11.1 Å². The summed E-state index contributed by atoms with van der Waals surface area (Å²) >= 11 is 3.41. The third kappa shape index (κ3) is 4.69. The van der Waals surface area contributed by atoms with Crippen molar-refractivity contribution < 1.29 is 4.79 Å². The van der Waals surface area contributed by atoms with Crippen molar-refractivity contribution in [3.05, 3.63) is 70.2 Å². The van der Waals surface area contributed by atoms with Crippen LogP contribution in [0.3, 0.4) is 0 Å². The average Bonchev–Trinajstić information content (AvgIpc) is 2.49. The van der Waals surface area contributed by atoms with Gasteiger partial charge in [-0.15, -0.1) is 0 Å². The minimum absolute atomic E-state index is 0.0356. The van der Waals surface area contributed by atoms with Crippen molar-refractivity contribution in [1.29, 1.82) is 0 Å². The average molecular weight is 347 g/mol. The molecule has 2 aromatic carbocycles. The fourth-order valence-corrected chi connectivity index (χ4v) is 2.43. The van der Waals surface area contributed by atoms with Gasteiger partial charge in [-0.1, -0.05) is 58.4 Å². The number of hydrogen-bond acceptors (Lipinski definition) is 2. The molecule has 2 rings (SSSR count). The minimum atomic E-state index is -0.626. The molecule has 2 atom stereocenters. The standard InChI is InChI=1S/C17H19BrN2O/c1-12(11-13-7-9-15(18)10-8-13)20-17(21)16(19)14-5-3-2-4-6-14/h2-10,12,16H,11,19H2,1H3,(H,20,21). The molecule has 21 heavy (non-hydrogen) atoms. The summed E-state index contributed by atoms with van der Waals surface area (Å²) in [5.74, 6) is -0.147. The molecule has 0 bridgehead atoms. The van der Waals surface area contributed by atoms with Crippen LogP contribution in [0.4, 0.5) is 0 Å². The Kier molecular flexibility index (Phi) is 5.53. The lowest BCUT2D eigenvalue weighted by Crippen LogP contribution is -2.40. The Morgan fingerprint density at radius 2 is 1.76 bits per heavy atom. The zero-order chi connectivity index (χ0) is 15.2. The van der Waals surface area contributed by atoms with Crippen LogP contribution in [0.1, 0.15) is 24.1 Å². The third-order valence-corrected chi connectivity index (χ3v) is 3.81. The van der Waals surface area contributed by atoms with E-state index in [1.165, 1.54) is 5.56 Å². The molecule has 3 nitrogen and oxygen atoms in total. The number of nitrogens with two attached hydrogens (primary N) is 1. The van der Waals surface area contributed by atoms with Gasteiger partial charge in [0.1, 0.15) is 6.04 Å². The van der Waals surface area contributed by atoms with E-state index in [9.17, 15) is 4.79 Å². The molecule has 4 heteroatoms. The van der Waals surface area contributed by atoms with Crippen molar-refractivity contribution in [3.63, 3.8) is 0 Å². The Hall–Kier alpha value is -1.65. The van der Waals surface area contributed by atoms with Crippen molar-refractivity contribution in [3.8, 4) is 0 Å². The number of carbonyl (C=O) groups is 1. The van der Waals surface area contributed by atoms with Gasteiger partial charge in [0, 0.05) is 10.5 Å². The highest BCUT2D eigenvalue weighted by atomic mass is 79.9. The molecule has 2 unspecified atom stereocenters. The van der Waals surface area contributed by atoms with E-state index in [0.717, 1.165) is 16.5 Å². The molecule has 0 aliphatic rings. The van der Waals surface area contributed by atoms with Crippen LogP contribution in [0, 0.1) is 0 Å². The van der Waals surface area contributed by atoms with E-state index in [1.807, 2.05) is 61.5 Å². The van der Waals surface area contributed by atoms with E-state index in [2.05, 4.69) is 21.2 Å². The van der Waals surface area contributed by atoms with Crippen molar-refractivity contribution in [2.45, 2.75) is 25.4 Å². The van der Waals surface area contributed by atoms with Crippen LogP contribution >= 0.6 is 15.9 Å². The molecule has 0 aromatic heterocycles. The second kappa shape index (κ2) is 7.38. The molecule has 0 heterocycles. The maximum atomic E-state index is 12.2. The minimum Gasteiger partial charge on any atom is -0.352 e. The van der Waals surface area contributed by atoms with Crippen molar-refractivity contribution in [2.24, 2.45) is 5.73 Å². The third-order valence-electron chi connectivity index (χ3n) is 3.28. The van der Waals surface area contributed by atoms with E-state index in [1.54, 1.807) is 0 Å². The van der Waals surface area contributed by atoms with Gasteiger partial charge in [0.25, 0.3) is 0 Å². The van der Waals surface area contributed by atoms with E-state index in [-0.39, 0.29) is 11.9 Å². The largest absolute Gasteiger partial charge is 0.352 e. The lowest BCUT2D eigenvalue weighted by atomic mass is 10.0. The summed E-state index contributed by atoms with van der Waals surface area (Å²) in [5.41, 5.74) is 7.99. The van der Waals surface area contributed by atoms with Gasteiger partial charge in [0.15, 0.2) is 0 Å². The molecule has 1 amide bonds. The fraction of sp³-hybridized carbons (Fsp3) is 0.235. The maximum Gasteiger partial charge on any atom is 0.241 e. The van der Waals surface area contributed by atoms with Gasteiger partial charge < -0.3 is 11.1 Å². The Balaban J connectivity index is 1.91. The summed E-state index contributed by atoms with van der Waals surface area (Å²) in [4.78, 5) is 12.2. The monoisotopic (exact) mass is 346 g/mol. The van der Waals surface area contributed by atoms with E-state index >= 15 is 0 Å². The number of halogens is 1. The van der Waals surface area contributed by atoms with Crippen molar-refractivity contribution in [2.75, 3.05) is 0 Å². The summed E-state index contributed by atoms with van der Waals surface area (Å²) in [6, 6.07) is 16.9. The maximum absolute atomic E-state index is 12.2. The second-order valence-electron chi connectivity index (χ2n) is 5.13. The molecule has 0 saturated carbocycles. The number of amides is 1. The zero-order valence-electron chi connectivity index (χ0n) is 11.9. The first-order chi connectivity index (χ1) is 10.1. The fourth-order valence-electron chi connectivity index (χ4n) is 2.17. The highest BCUT2D eigenvalue weighted by Crippen LogP contribution is 2.13. The molecular weight excluding hydrogens is 328 g/mol. The number of rotatable bonds is 5. The number of carbonyl (C=O) groups excluding carboxylic acids is 1. The van der Waals surface area contributed by atoms with Crippen LogP contribution in [0.5, 0.6) is 0 Å². The number of nitrogens with one attached hydrogen (secondary N) is 1. The van der Waals surface area contributed by atoms with Crippen LogP contribution in [-0.2, 0) is 11.2 Å². The second-order valence-corrected chi connectivity index (χ2v) is 6.04. The summed E-state index contributed by atoms with van der Waals surface area (Å²) < 4.78 is 1.05. The molecule has 0 saturated heterocycles. The Labute approximate surface area is 133 Å². The molecule has 0 radical (unpaired) electrons. The van der Waals surface area contributed by atoms with E-state index in [0.29, 0.717) is 0 Å². The van der Waals surface area contributed by atoms with E-state index in [4.69, 9.17) is 5.73 Å². The quantitative estimate of drug-likeness (QED) is 0.873. The highest BCUT2D eigenvalue weighted by Gasteiger charge is 2.17. The first-order valence-corrected chi connectivity index (χ1v) is 7.71. The predicted molar refractivity (Wildman–Crippen MR) is 88.8 cm³/mol. The lowest BCUT2D eigenvalue weighted by molar-refractivity contribution is -0.123. The molecule has 2 aromatic rings. The molecule has 3 N–H and O–H groups in total. The predicted octanol–water partition coefficient (Wildman–Crippen LogP) is 3.20. The molecule has 0 aliphatic heterocycles. The number of benzene rings is 2. The number of hydrogen-bond donors (Lipinski definition) is 2. The van der Waals surface area contributed by atoms with E-state index < -0.39 is 6.04 Å². The smallest absolute Gasteiger partial charge is 0.241 e. The summed E-state index contributed by atoms with van der Waals surface area (Å²) in [6.45, 7) is 1.98. The summed E-state index contributed by atoms with van der Waals surface area (Å²) in [6.07, 6.45) is 0.778. The normalized spacial score (nSPS) is 13.5. The first-order valence-electron chi connectivity index (χ1n) is 6.91. The highest BCUT2D eigenvalue weighted by molar-refractivity contribution is 9.10. The molecule has 0 fully saturated rings. The van der Waals surface area contributed by atoms with Crippen LogP contribution in [-0.4, -0.2) is 11.9 Å². The van der Waals surface area contributed by atoms with Gasteiger partial charge in [-0.25, -0.2) is 0 Å². The Morgan fingerprint density at radius 3 is 2.38 bits per heavy atom. The Bertz CT molecular complexity index is 583. The zero-order valence-corrected chi connectivity index (χ0v) is 13.5. The van der Waals surface area contributed by atoms with Crippen molar-refractivity contribution >= 4 is 21.8 Å². The summed E-state index contributed by atoms with van der Waals surface area (Å²) in [5, 5.41) is 2.97. The molecule has 0 spiro atoms. The van der Waals surface area contributed by atoms with Crippen LogP contribution in [0.15, 0.2) is 59.1 Å². The first kappa shape index (κ1) is 15.7. The lowest BCUT2D eigenvalue weighted by Gasteiger charge is -2.18. The Morgan fingerprint density at radius 1 is 1.14 bits per heavy atom. The van der Waals surface area contributed by atoms with Gasteiger partial charge in [-0.05, 0) is 36.6 Å². The van der Waals surface area contributed by atoms with Gasteiger partial charge in [-0.2, -0.15) is 0 Å². The van der Waals surface area contributed by atoms with Gasteiger partial charge in [0.2, 0.25) is 5.91 Å². The summed E-state index contributed by atoms with van der Waals surface area (Å²) in [7, 11) is 0. The van der Waals surface area contributed by atoms with Crippen molar-refractivity contribution in [1.82, 2.24) is 5.32 Å². The van der Waals surface area contributed by atoms with Gasteiger partial charge >= 0.3 is 0 Å². The van der Waals surface area contributed by atoms with Crippen LogP contribution in [0.25, 0.3) is 0 Å². The topological polar surface area (TPSA) is 55.1 Å². The van der Waals surface area contributed by atoms with Crippen LogP contribution in [0.2, 0.25) is 0 Å². The van der Waals surface area contributed by atoms with Gasteiger partial charge in [-0.3, -0.25) is 4.79 Å². The SMILES string of the molecule is CC(Cc1ccc(Br)cc1)NC(=O)C(N)c1ccccc1. The molecular formula is C17H19BrN2O. The molecule has 110 valence electrons. The van der Waals surface area contributed by atoms with Gasteiger partial charge in [0.05, 0.1) is 0 Å².